The number of benzene rings is 1. The summed E-state index contributed by atoms with van der Waals surface area (Å²) in [6.45, 7) is 9.46. The second kappa shape index (κ2) is 9.51. The smallest absolute Gasteiger partial charge is 0.382 e. The van der Waals surface area contributed by atoms with E-state index < -0.39 is 7.60 Å². The minimum absolute atomic E-state index is 0.0913. The molecule has 7 nitrogen and oxygen atoms in total. The van der Waals surface area contributed by atoms with E-state index >= 15 is 0 Å². The van der Waals surface area contributed by atoms with Crippen LogP contribution >= 0.6 is 7.60 Å². The fraction of sp³-hybridized carbons (Fsp3) is 0.476. The summed E-state index contributed by atoms with van der Waals surface area (Å²) in [6.07, 6.45) is 2.84. The van der Waals surface area contributed by atoms with Gasteiger partial charge in [0.25, 0.3) is 0 Å². The van der Waals surface area contributed by atoms with Gasteiger partial charge in [0.15, 0.2) is 17.2 Å². The summed E-state index contributed by atoms with van der Waals surface area (Å²) in [5.74, 6) is 0.809. The molecule has 29 heavy (non-hydrogen) atoms. The lowest BCUT2D eigenvalue weighted by atomic mass is 10.0. The van der Waals surface area contributed by atoms with Crippen molar-refractivity contribution in [2.75, 3.05) is 14.2 Å². The van der Waals surface area contributed by atoms with Gasteiger partial charge in [0.1, 0.15) is 0 Å². The predicted octanol–water partition coefficient (Wildman–Crippen LogP) is 5.51. The minimum atomic E-state index is -3.49. The molecule has 0 aliphatic carbocycles. The Labute approximate surface area is 172 Å². The maximum Gasteiger partial charge on any atom is 0.382 e. The van der Waals surface area contributed by atoms with Crippen LogP contribution < -0.4 is 14.0 Å². The van der Waals surface area contributed by atoms with E-state index in [9.17, 15) is 9.67 Å². The molecule has 0 saturated heterocycles. The van der Waals surface area contributed by atoms with E-state index in [1.54, 1.807) is 24.4 Å². The monoisotopic (exact) mass is 423 g/mol. The number of rotatable bonds is 9. The molecule has 2 rings (SSSR count). The number of nitrogens with zero attached hydrogens (tertiary/aromatic N) is 1. The third-order valence-corrected chi connectivity index (χ3v) is 7.38. The van der Waals surface area contributed by atoms with Gasteiger partial charge in [0.2, 0.25) is 5.75 Å². The third kappa shape index (κ3) is 5.22. The molecule has 0 aliphatic heterocycles. The zero-order valence-electron chi connectivity index (χ0n) is 18.0. The fourth-order valence-electron chi connectivity index (χ4n) is 2.74. The second-order valence-electron chi connectivity index (χ2n) is 7.37. The van der Waals surface area contributed by atoms with Crippen LogP contribution in [0.2, 0.25) is 0 Å². The molecule has 0 aliphatic rings. The summed E-state index contributed by atoms with van der Waals surface area (Å²) in [5, 5.41) is 10.2. The summed E-state index contributed by atoms with van der Waals surface area (Å²) in [5.41, 5.74) is 0.962. The van der Waals surface area contributed by atoms with Crippen molar-refractivity contribution in [3.63, 3.8) is 0 Å². The van der Waals surface area contributed by atoms with Crippen LogP contribution in [0.4, 0.5) is 0 Å². The number of ether oxygens (including phenoxy) is 2. The average molecular weight is 423 g/mol. The van der Waals surface area contributed by atoms with Crippen molar-refractivity contribution in [1.82, 2.24) is 4.98 Å². The van der Waals surface area contributed by atoms with Crippen LogP contribution in [0.15, 0.2) is 30.6 Å². The molecule has 1 N–H and O–H groups in total. The minimum Gasteiger partial charge on any atom is -0.502 e. The Morgan fingerprint density at radius 1 is 1.00 bits per heavy atom. The van der Waals surface area contributed by atoms with Crippen LogP contribution in [0.25, 0.3) is 11.1 Å². The number of phenols is 1. The van der Waals surface area contributed by atoms with Crippen molar-refractivity contribution in [3.05, 3.63) is 30.6 Å². The van der Waals surface area contributed by atoms with Gasteiger partial charge in [-0.3, -0.25) is 9.51 Å². The zero-order valence-corrected chi connectivity index (χ0v) is 18.9. The fourth-order valence-corrected chi connectivity index (χ4v) is 4.88. The molecule has 0 amide bonds. The Kier molecular flexibility index (Phi) is 7.55. The Hall–Kier alpha value is -2.24. The van der Waals surface area contributed by atoms with Crippen LogP contribution in [0.1, 0.15) is 34.6 Å². The quantitative estimate of drug-likeness (QED) is 0.532. The van der Waals surface area contributed by atoms with E-state index in [1.165, 1.54) is 20.4 Å². The molecule has 0 fully saturated rings. The van der Waals surface area contributed by atoms with E-state index in [1.807, 2.05) is 34.6 Å². The van der Waals surface area contributed by atoms with Gasteiger partial charge in [-0.2, -0.15) is 0 Å². The molecule has 0 saturated carbocycles. The van der Waals surface area contributed by atoms with E-state index in [0.717, 1.165) is 0 Å². The number of aromatic hydroxyl groups is 1. The molecule has 1 aromatic carbocycles. The summed E-state index contributed by atoms with van der Waals surface area (Å²) in [4.78, 5) is 4.13. The normalized spacial score (nSPS) is 14.5. The summed E-state index contributed by atoms with van der Waals surface area (Å²) < 4.78 is 36.0. The van der Waals surface area contributed by atoms with Crippen molar-refractivity contribution in [3.8, 4) is 34.1 Å². The van der Waals surface area contributed by atoms with Gasteiger partial charge in [0.05, 0.1) is 32.2 Å². The molecule has 2 atom stereocenters. The Balaban J connectivity index is 2.57. The number of phenolic OH excluding ortho intramolecular Hbond substituents is 1. The van der Waals surface area contributed by atoms with Crippen LogP contribution in [-0.4, -0.2) is 36.1 Å². The van der Waals surface area contributed by atoms with Crippen LogP contribution in [-0.2, 0) is 9.09 Å². The first-order valence-electron chi connectivity index (χ1n) is 9.50. The lowest BCUT2D eigenvalue weighted by Gasteiger charge is -2.29. The summed E-state index contributed by atoms with van der Waals surface area (Å²) >= 11 is 0. The van der Waals surface area contributed by atoms with Crippen molar-refractivity contribution >= 4 is 7.60 Å². The molecule has 2 aromatic rings. The van der Waals surface area contributed by atoms with Gasteiger partial charge < -0.3 is 19.1 Å². The number of hydrogen-bond donors (Lipinski definition) is 1. The standard InChI is InChI=1S/C21H30NO6P/c1-13(2)15(5)29(24,27-14(3)4)28-20-12-22-9-8-17(20)16-10-18(25-6)21(23)19(11-16)26-7/h8-15,23H,1-7H3. The van der Waals surface area contributed by atoms with Gasteiger partial charge in [-0.05, 0) is 50.5 Å². The molecule has 2 unspecified atom stereocenters. The van der Waals surface area contributed by atoms with Crippen LogP contribution in [0.3, 0.4) is 0 Å². The highest BCUT2D eigenvalue weighted by atomic mass is 31.2. The lowest BCUT2D eigenvalue weighted by molar-refractivity contribution is 0.199. The number of aromatic nitrogens is 1. The maximum atomic E-state index is 13.7. The first-order valence-corrected chi connectivity index (χ1v) is 11.1. The first kappa shape index (κ1) is 23.0. The Morgan fingerprint density at radius 3 is 2.07 bits per heavy atom. The van der Waals surface area contributed by atoms with Crippen molar-refractivity contribution in [1.29, 1.82) is 0 Å². The number of methoxy groups -OCH3 is 2. The summed E-state index contributed by atoms with van der Waals surface area (Å²) in [7, 11) is -0.580. The molecule has 0 spiro atoms. The predicted molar refractivity (Wildman–Crippen MR) is 113 cm³/mol. The average Bonchev–Trinajstić information content (AvgIpc) is 2.67. The van der Waals surface area contributed by atoms with E-state index in [2.05, 4.69) is 4.98 Å². The van der Waals surface area contributed by atoms with E-state index in [-0.39, 0.29) is 34.9 Å². The second-order valence-corrected chi connectivity index (χ2v) is 9.66. The van der Waals surface area contributed by atoms with Crippen molar-refractivity contribution in [2.24, 2.45) is 5.92 Å². The van der Waals surface area contributed by atoms with Gasteiger partial charge in [-0.1, -0.05) is 13.8 Å². The van der Waals surface area contributed by atoms with E-state index in [4.69, 9.17) is 18.5 Å². The highest BCUT2D eigenvalue weighted by Crippen LogP contribution is 2.57. The van der Waals surface area contributed by atoms with Gasteiger partial charge >= 0.3 is 7.60 Å². The van der Waals surface area contributed by atoms with Gasteiger partial charge in [-0.25, -0.2) is 4.57 Å². The molecule has 0 radical (unpaired) electrons. The highest BCUT2D eigenvalue weighted by molar-refractivity contribution is 7.55. The first-order chi connectivity index (χ1) is 13.6. The largest absolute Gasteiger partial charge is 0.502 e. The highest BCUT2D eigenvalue weighted by Gasteiger charge is 2.38. The molecule has 0 bridgehead atoms. The Bertz CT molecular complexity index is 858. The lowest BCUT2D eigenvalue weighted by Crippen LogP contribution is -2.19. The maximum absolute atomic E-state index is 13.7. The molecule has 1 aromatic heterocycles. The van der Waals surface area contributed by atoms with Crippen LogP contribution in [0, 0.1) is 5.92 Å². The number of pyridine rings is 1. The number of hydrogen-bond acceptors (Lipinski definition) is 7. The topological polar surface area (TPSA) is 87.1 Å². The molecular formula is C21H30NO6P. The molecule has 1 heterocycles. The van der Waals surface area contributed by atoms with Gasteiger partial charge in [-0.15, -0.1) is 0 Å². The Morgan fingerprint density at radius 2 is 1.59 bits per heavy atom. The molecule has 8 heteroatoms. The summed E-state index contributed by atoms with van der Waals surface area (Å²) in [6, 6.07) is 5.04. The van der Waals surface area contributed by atoms with E-state index in [0.29, 0.717) is 16.9 Å². The third-order valence-electron chi connectivity index (χ3n) is 4.62. The van der Waals surface area contributed by atoms with Crippen LogP contribution in [0.5, 0.6) is 23.0 Å². The molecule has 160 valence electrons. The SMILES string of the molecule is COc1cc(-c2ccncc2OP(=O)(OC(C)C)C(C)C(C)C)cc(OC)c1O. The van der Waals surface area contributed by atoms with Crippen molar-refractivity contribution < 1.29 is 28.2 Å². The zero-order chi connectivity index (χ0) is 21.8. The molecular weight excluding hydrogens is 393 g/mol. The van der Waals surface area contributed by atoms with Gasteiger partial charge in [0, 0.05) is 11.8 Å². The van der Waals surface area contributed by atoms with Crippen molar-refractivity contribution in [2.45, 2.75) is 46.4 Å².